The molecule has 0 spiro atoms. The van der Waals surface area contributed by atoms with Crippen LogP contribution in [0.5, 0.6) is 0 Å². The highest BCUT2D eigenvalue weighted by atomic mass is 35.5. The minimum atomic E-state index is -0.361. The molecule has 2 rings (SSSR count). The Labute approximate surface area is 174 Å². The van der Waals surface area contributed by atoms with E-state index in [4.69, 9.17) is 11.6 Å². The van der Waals surface area contributed by atoms with Crippen molar-refractivity contribution in [3.63, 3.8) is 0 Å². The molecule has 6 nitrogen and oxygen atoms in total. The lowest BCUT2D eigenvalue weighted by Gasteiger charge is -2.33. The molecule has 1 aliphatic rings. The molecule has 0 bridgehead atoms. The molecule has 1 aliphatic heterocycles. The second-order valence-corrected chi connectivity index (χ2v) is 8.76. The summed E-state index contributed by atoms with van der Waals surface area (Å²) < 4.78 is 0. The summed E-state index contributed by atoms with van der Waals surface area (Å²) >= 11 is 5.96. The van der Waals surface area contributed by atoms with Crippen LogP contribution >= 0.6 is 11.6 Å². The number of carbonyl (C=O) groups excluding carboxylic acids is 1. The summed E-state index contributed by atoms with van der Waals surface area (Å²) in [6.07, 6.45) is 2.16. The summed E-state index contributed by atoms with van der Waals surface area (Å²) in [6, 6.07) is 8.50. The fourth-order valence-electron chi connectivity index (χ4n) is 3.09. The van der Waals surface area contributed by atoms with Gasteiger partial charge in [-0.1, -0.05) is 44.5 Å². The Kier molecular flexibility index (Phi) is 8.58. The summed E-state index contributed by atoms with van der Waals surface area (Å²) in [5, 5.41) is 10.5. The van der Waals surface area contributed by atoms with Crippen LogP contribution in [-0.2, 0) is 11.3 Å². The average Bonchev–Trinajstić information content (AvgIpc) is 2.66. The van der Waals surface area contributed by atoms with Gasteiger partial charge in [0.25, 0.3) is 0 Å². The predicted molar refractivity (Wildman–Crippen MR) is 117 cm³/mol. The van der Waals surface area contributed by atoms with Gasteiger partial charge in [-0.25, -0.2) is 0 Å². The van der Waals surface area contributed by atoms with E-state index in [2.05, 4.69) is 38.0 Å². The van der Waals surface area contributed by atoms with Gasteiger partial charge in [-0.2, -0.15) is 0 Å². The molecule has 0 radical (unpaired) electrons. The molecule has 28 heavy (non-hydrogen) atoms. The van der Waals surface area contributed by atoms with E-state index in [9.17, 15) is 4.79 Å². The van der Waals surface area contributed by atoms with Crippen molar-refractivity contribution in [2.45, 2.75) is 46.2 Å². The second kappa shape index (κ2) is 10.7. The van der Waals surface area contributed by atoms with Crippen molar-refractivity contribution in [2.75, 3.05) is 33.2 Å². The number of hydrogen-bond acceptors (Lipinski definition) is 3. The Hall–Kier alpha value is -1.79. The molecule has 1 aromatic carbocycles. The topological polar surface area (TPSA) is 68.8 Å². The number of nitrogens with zero attached hydrogens (tertiary/aromatic N) is 2. The summed E-state index contributed by atoms with van der Waals surface area (Å²) in [5.74, 6) is 0.853. The zero-order chi connectivity index (χ0) is 20.6. The molecule has 1 fully saturated rings. The van der Waals surface area contributed by atoms with E-state index < -0.39 is 0 Å². The lowest BCUT2D eigenvalue weighted by Crippen LogP contribution is -2.49. The SMILES string of the molecule is CN=C(NCCNC(=O)C(C)(C)C)NC1CCN(Cc2ccc(Cl)cc2)CC1. The van der Waals surface area contributed by atoms with Crippen molar-refractivity contribution in [2.24, 2.45) is 10.4 Å². The predicted octanol–water partition coefficient (Wildman–Crippen LogP) is 2.63. The quantitative estimate of drug-likeness (QED) is 0.385. The standard InChI is InChI=1S/C21H34ClN5O/c1-21(2,3)19(28)24-11-12-25-20(23-4)26-18-9-13-27(14-10-18)15-16-5-7-17(22)8-6-16/h5-8,18H,9-15H2,1-4H3,(H,24,28)(H2,23,25,26). The maximum Gasteiger partial charge on any atom is 0.225 e. The lowest BCUT2D eigenvalue weighted by atomic mass is 9.96. The van der Waals surface area contributed by atoms with Crippen LogP contribution in [0.2, 0.25) is 5.02 Å². The lowest BCUT2D eigenvalue weighted by molar-refractivity contribution is -0.128. The summed E-state index contributed by atoms with van der Waals surface area (Å²) in [5.41, 5.74) is 0.936. The first-order valence-corrected chi connectivity index (χ1v) is 10.4. The third-order valence-electron chi connectivity index (χ3n) is 4.86. The molecule has 1 aromatic rings. The number of halogens is 1. The van der Waals surface area contributed by atoms with E-state index in [0.29, 0.717) is 19.1 Å². The molecule has 1 amide bonds. The van der Waals surface area contributed by atoms with Crippen molar-refractivity contribution in [3.05, 3.63) is 34.9 Å². The molecule has 0 saturated carbocycles. The fourth-order valence-corrected chi connectivity index (χ4v) is 3.22. The van der Waals surface area contributed by atoms with E-state index in [-0.39, 0.29) is 11.3 Å². The van der Waals surface area contributed by atoms with Crippen molar-refractivity contribution in [1.82, 2.24) is 20.9 Å². The highest BCUT2D eigenvalue weighted by Crippen LogP contribution is 2.16. The van der Waals surface area contributed by atoms with Crippen LogP contribution in [-0.4, -0.2) is 56.0 Å². The van der Waals surface area contributed by atoms with Gasteiger partial charge in [0.15, 0.2) is 5.96 Å². The Morgan fingerprint density at radius 1 is 1.14 bits per heavy atom. The highest BCUT2D eigenvalue weighted by Gasteiger charge is 2.21. The number of amides is 1. The average molecular weight is 408 g/mol. The highest BCUT2D eigenvalue weighted by molar-refractivity contribution is 6.30. The van der Waals surface area contributed by atoms with Crippen LogP contribution in [0.1, 0.15) is 39.2 Å². The number of carbonyl (C=O) groups is 1. The van der Waals surface area contributed by atoms with Crippen LogP contribution in [0.15, 0.2) is 29.3 Å². The van der Waals surface area contributed by atoms with Gasteiger partial charge in [-0.3, -0.25) is 14.7 Å². The molecule has 0 atom stereocenters. The summed E-state index contributed by atoms with van der Waals surface area (Å²) in [6.45, 7) is 10.0. The first-order chi connectivity index (χ1) is 13.3. The third kappa shape index (κ3) is 7.68. The van der Waals surface area contributed by atoms with Gasteiger partial charge in [-0.05, 0) is 30.5 Å². The molecule has 1 heterocycles. The zero-order valence-electron chi connectivity index (χ0n) is 17.5. The molecule has 7 heteroatoms. The minimum absolute atomic E-state index is 0.0605. The van der Waals surface area contributed by atoms with Gasteiger partial charge in [0.2, 0.25) is 5.91 Å². The van der Waals surface area contributed by atoms with Crippen LogP contribution in [0.4, 0.5) is 0 Å². The largest absolute Gasteiger partial charge is 0.355 e. The fraction of sp³-hybridized carbons (Fsp3) is 0.619. The molecule has 156 valence electrons. The van der Waals surface area contributed by atoms with Gasteiger partial charge >= 0.3 is 0 Å². The summed E-state index contributed by atoms with van der Waals surface area (Å²) in [7, 11) is 1.78. The van der Waals surface area contributed by atoms with Crippen LogP contribution in [0, 0.1) is 5.41 Å². The molecule has 0 aromatic heterocycles. The number of guanidine groups is 1. The zero-order valence-corrected chi connectivity index (χ0v) is 18.3. The van der Waals surface area contributed by atoms with E-state index in [1.54, 1.807) is 7.05 Å². The van der Waals surface area contributed by atoms with E-state index in [1.807, 2.05) is 32.9 Å². The van der Waals surface area contributed by atoms with E-state index in [0.717, 1.165) is 43.5 Å². The third-order valence-corrected chi connectivity index (χ3v) is 5.11. The number of nitrogens with one attached hydrogen (secondary N) is 3. The van der Waals surface area contributed by atoms with Crippen molar-refractivity contribution in [1.29, 1.82) is 0 Å². The number of benzene rings is 1. The van der Waals surface area contributed by atoms with Gasteiger partial charge in [0.05, 0.1) is 0 Å². The molecule has 3 N–H and O–H groups in total. The molecular weight excluding hydrogens is 374 g/mol. The smallest absolute Gasteiger partial charge is 0.225 e. The summed E-state index contributed by atoms with van der Waals surface area (Å²) in [4.78, 5) is 18.6. The minimum Gasteiger partial charge on any atom is -0.355 e. The number of likely N-dealkylation sites (tertiary alicyclic amines) is 1. The normalized spacial score (nSPS) is 16.7. The van der Waals surface area contributed by atoms with Crippen LogP contribution < -0.4 is 16.0 Å². The van der Waals surface area contributed by atoms with Gasteiger partial charge in [0.1, 0.15) is 0 Å². The van der Waals surface area contributed by atoms with E-state index in [1.165, 1.54) is 5.56 Å². The van der Waals surface area contributed by atoms with Gasteiger partial charge < -0.3 is 16.0 Å². The van der Waals surface area contributed by atoms with Crippen LogP contribution in [0.25, 0.3) is 0 Å². The maximum atomic E-state index is 11.9. The Morgan fingerprint density at radius 3 is 2.32 bits per heavy atom. The number of aliphatic imine (C=N–C) groups is 1. The first-order valence-electron chi connectivity index (χ1n) is 10.00. The number of rotatable bonds is 6. The molecule has 1 saturated heterocycles. The Balaban J connectivity index is 1.66. The Bertz CT molecular complexity index is 646. The van der Waals surface area contributed by atoms with Crippen LogP contribution in [0.3, 0.4) is 0 Å². The van der Waals surface area contributed by atoms with Gasteiger partial charge in [-0.15, -0.1) is 0 Å². The number of hydrogen-bond donors (Lipinski definition) is 3. The molecular formula is C21H34ClN5O. The Morgan fingerprint density at radius 2 is 1.75 bits per heavy atom. The van der Waals surface area contributed by atoms with E-state index >= 15 is 0 Å². The van der Waals surface area contributed by atoms with Crippen molar-refractivity contribution in [3.8, 4) is 0 Å². The maximum absolute atomic E-state index is 11.9. The van der Waals surface area contributed by atoms with Crippen molar-refractivity contribution < 1.29 is 4.79 Å². The van der Waals surface area contributed by atoms with Crippen molar-refractivity contribution >= 4 is 23.5 Å². The first kappa shape index (κ1) is 22.5. The number of piperidine rings is 1. The second-order valence-electron chi connectivity index (χ2n) is 8.33. The molecule has 0 aliphatic carbocycles. The molecule has 0 unspecified atom stereocenters. The monoisotopic (exact) mass is 407 g/mol. The van der Waals surface area contributed by atoms with Gasteiger partial charge in [0, 0.05) is 56.3 Å².